The second kappa shape index (κ2) is 6.97. The number of hydrogen-bond acceptors (Lipinski definition) is 6. The Bertz CT molecular complexity index is 468. The molecule has 1 fully saturated rings. The summed E-state index contributed by atoms with van der Waals surface area (Å²) < 4.78 is 4.96. The molecule has 0 saturated carbocycles. The van der Waals surface area contributed by atoms with E-state index in [0.29, 0.717) is 0 Å². The average Bonchev–Trinajstić information content (AvgIpc) is 2.48. The topological polar surface area (TPSA) is 119 Å². The molecule has 5 atom stereocenters. The van der Waals surface area contributed by atoms with Crippen LogP contribution in [-0.2, 0) is 16.0 Å². The fraction of sp³-hybridized carbons (Fsp3) is 0.500. The Balaban J connectivity index is 1.96. The van der Waals surface area contributed by atoms with Crippen molar-refractivity contribution in [3.05, 3.63) is 35.9 Å². The predicted octanol–water partition coefficient (Wildman–Crippen LogP) is -1.85. The molecule has 1 amide bonds. The number of benzene rings is 1. The number of aliphatic hydroxyl groups excluding tert-OH is 4. The Morgan fingerprint density at radius 2 is 1.81 bits per heavy atom. The highest BCUT2D eigenvalue weighted by Gasteiger charge is 2.44. The van der Waals surface area contributed by atoms with Gasteiger partial charge in [-0.15, -0.1) is 0 Å². The molecular weight excluding hydrogens is 278 g/mol. The van der Waals surface area contributed by atoms with Crippen molar-refractivity contribution in [1.29, 1.82) is 0 Å². The van der Waals surface area contributed by atoms with Gasteiger partial charge >= 0.3 is 0 Å². The number of ether oxygens (including phenoxy) is 1. The van der Waals surface area contributed by atoms with Gasteiger partial charge in [-0.2, -0.15) is 0 Å². The molecule has 1 aromatic carbocycles. The normalized spacial score (nSPS) is 32.7. The van der Waals surface area contributed by atoms with Crippen LogP contribution in [-0.4, -0.2) is 63.6 Å². The van der Waals surface area contributed by atoms with Crippen LogP contribution in [0, 0.1) is 0 Å². The highest BCUT2D eigenvalue weighted by molar-refractivity contribution is 5.79. The summed E-state index contributed by atoms with van der Waals surface area (Å²) >= 11 is 0. The van der Waals surface area contributed by atoms with Gasteiger partial charge < -0.3 is 30.5 Å². The molecule has 116 valence electrons. The van der Waals surface area contributed by atoms with Crippen molar-refractivity contribution in [2.45, 2.75) is 37.1 Å². The fourth-order valence-corrected chi connectivity index (χ4v) is 2.27. The van der Waals surface area contributed by atoms with Gasteiger partial charge in [-0.1, -0.05) is 30.3 Å². The van der Waals surface area contributed by atoms with Crippen molar-refractivity contribution >= 4 is 5.91 Å². The SMILES string of the molecule is O=C(Cc1ccccc1)N[C@@H]1[C@@H](O)[C@H](O)[C@@H](CO)O[C@H]1O. The van der Waals surface area contributed by atoms with E-state index in [2.05, 4.69) is 5.32 Å². The van der Waals surface area contributed by atoms with Crippen molar-refractivity contribution < 1.29 is 30.0 Å². The van der Waals surface area contributed by atoms with E-state index in [1.54, 1.807) is 24.3 Å². The molecule has 1 aliphatic rings. The van der Waals surface area contributed by atoms with Gasteiger partial charge in [0.05, 0.1) is 13.0 Å². The summed E-state index contributed by atoms with van der Waals surface area (Å²) in [5, 5.41) is 40.8. The van der Waals surface area contributed by atoms with Crippen LogP contribution >= 0.6 is 0 Å². The van der Waals surface area contributed by atoms with Gasteiger partial charge in [0.1, 0.15) is 24.4 Å². The third-order valence-electron chi connectivity index (χ3n) is 3.44. The molecule has 0 radical (unpaired) electrons. The number of nitrogens with one attached hydrogen (secondary N) is 1. The number of rotatable bonds is 4. The minimum atomic E-state index is -1.50. The number of amides is 1. The molecule has 1 saturated heterocycles. The maximum Gasteiger partial charge on any atom is 0.224 e. The molecule has 21 heavy (non-hydrogen) atoms. The first-order chi connectivity index (χ1) is 10.0. The van der Waals surface area contributed by atoms with E-state index < -0.39 is 43.2 Å². The summed E-state index contributed by atoms with van der Waals surface area (Å²) in [7, 11) is 0. The van der Waals surface area contributed by atoms with Gasteiger partial charge in [-0.05, 0) is 5.56 Å². The van der Waals surface area contributed by atoms with Crippen LogP contribution in [0.15, 0.2) is 30.3 Å². The largest absolute Gasteiger partial charge is 0.394 e. The van der Waals surface area contributed by atoms with Crippen LogP contribution in [0.25, 0.3) is 0 Å². The molecule has 7 heteroatoms. The average molecular weight is 297 g/mol. The van der Waals surface area contributed by atoms with Crippen LogP contribution in [0.5, 0.6) is 0 Å². The lowest BCUT2D eigenvalue weighted by molar-refractivity contribution is -0.253. The first-order valence-electron chi connectivity index (χ1n) is 6.66. The Morgan fingerprint density at radius 1 is 1.14 bits per heavy atom. The zero-order chi connectivity index (χ0) is 15.4. The van der Waals surface area contributed by atoms with Crippen LogP contribution in [0.3, 0.4) is 0 Å². The van der Waals surface area contributed by atoms with Gasteiger partial charge in [0.15, 0.2) is 6.29 Å². The highest BCUT2D eigenvalue weighted by Crippen LogP contribution is 2.19. The smallest absolute Gasteiger partial charge is 0.224 e. The van der Waals surface area contributed by atoms with Crippen LogP contribution in [0.4, 0.5) is 0 Å². The van der Waals surface area contributed by atoms with E-state index in [4.69, 9.17) is 9.84 Å². The molecule has 0 aliphatic carbocycles. The molecule has 1 heterocycles. The molecule has 0 unspecified atom stereocenters. The summed E-state index contributed by atoms with van der Waals surface area (Å²) in [6.45, 7) is -0.542. The fourth-order valence-electron chi connectivity index (χ4n) is 2.27. The first kappa shape index (κ1) is 15.9. The van der Waals surface area contributed by atoms with Crippen LogP contribution in [0.2, 0.25) is 0 Å². The molecule has 0 bridgehead atoms. The van der Waals surface area contributed by atoms with Gasteiger partial charge in [-0.3, -0.25) is 4.79 Å². The second-order valence-electron chi connectivity index (χ2n) is 4.98. The zero-order valence-electron chi connectivity index (χ0n) is 11.3. The maximum absolute atomic E-state index is 11.9. The number of carbonyl (C=O) groups excluding carboxylic acids is 1. The summed E-state index contributed by atoms with van der Waals surface area (Å²) in [6.07, 6.45) is -5.32. The summed E-state index contributed by atoms with van der Waals surface area (Å²) in [4.78, 5) is 11.9. The standard InChI is InChI=1S/C14H19NO6/c16-7-9-12(18)13(19)11(14(20)21-9)15-10(17)6-8-4-2-1-3-5-8/h1-5,9,11-14,16,18-20H,6-7H2,(H,15,17)/t9-,11-,12-,13-,14-/m1/s1. The quantitative estimate of drug-likeness (QED) is 0.445. The first-order valence-corrected chi connectivity index (χ1v) is 6.66. The number of carbonyl (C=O) groups is 1. The number of aliphatic hydroxyl groups is 4. The lowest BCUT2D eigenvalue weighted by atomic mass is 9.97. The monoisotopic (exact) mass is 297 g/mol. The van der Waals surface area contributed by atoms with E-state index in [1.165, 1.54) is 0 Å². The molecule has 0 spiro atoms. The predicted molar refractivity (Wildman–Crippen MR) is 72.1 cm³/mol. The molecule has 1 aliphatic heterocycles. The van der Waals surface area contributed by atoms with Gasteiger partial charge in [0.2, 0.25) is 5.91 Å². The van der Waals surface area contributed by atoms with E-state index in [-0.39, 0.29) is 6.42 Å². The highest BCUT2D eigenvalue weighted by atomic mass is 16.6. The van der Waals surface area contributed by atoms with E-state index in [9.17, 15) is 20.1 Å². The second-order valence-corrected chi connectivity index (χ2v) is 4.98. The van der Waals surface area contributed by atoms with E-state index in [1.807, 2.05) is 6.07 Å². The lowest BCUT2D eigenvalue weighted by Gasteiger charge is -2.40. The number of hydrogen-bond donors (Lipinski definition) is 5. The van der Waals surface area contributed by atoms with Crippen molar-refractivity contribution in [2.75, 3.05) is 6.61 Å². The molecule has 2 rings (SSSR count). The lowest BCUT2D eigenvalue weighted by Crippen LogP contribution is -2.64. The minimum absolute atomic E-state index is 0.0797. The van der Waals surface area contributed by atoms with Crippen molar-refractivity contribution in [1.82, 2.24) is 5.32 Å². The van der Waals surface area contributed by atoms with Gasteiger partial charge in [0.25, 0.3) is 0 Å². The van der Waals surface area contributed by atoms with E-state index in [0.717, 1.165) is 5.56 Å². The molecular formula is C14H19NO6. The third kappa shape index (κ3) is 3.78. The van der Waals surface area contributed by atoms with Crippen molar-refractivity contribution in [2.24, 2.45) is 0 Å². The Morgan fingerprint density at radius 3 is 2.43 bits per heavy atom. The molecule has 5 N–H and O–H groups in total. The Kier molecular flexibility index (Phi) is 5.27. The molecule has 0 aromatic heterocycles. The Hall–Kier alpha value is -1.51. The van der Waals surface area contributed by atoms with Crippen molar-refractivity contribution in [3.8, 4) is 0 Å². The zero-order valence-corrected chi connectivity index (χ0v) is 11.3. The summed E-state index contributed by atoms with van der Waals surface area (Å²) in [6, 6.07) is 7.83. The summed E-state index contributed by atoms with van der Waals surface area (Å²) in [5.74, 6) is -0.414. The minimum Gasteiger partial charge on any atom is -0.394 e. The van der Waals surface area contributed by atoms with Crippen LogP contribution < -0.4 is 5.32 Å². The van der Waals surface area contributed by atoms with Gasteiger partial charge in [-0.25, -0.2) is 0 Å². The third-order valence-corrected chi connectivity index (χ3v) is 3.44. The molecule has 1 aromatic rings. The van der Waals surface area contributed by atoms with Crippen molar-refractivity contribution in [3.63, 3.8) is 0 Å². The Labute approximate surface area is 121 Å². The van der Waals surface area contributed by atoms with Crippen LogP contribution in [0.1, 0.15) is 5.56 Å². The molecule has 7 nitrogen and oxygen atoms in total. The van der Waals surface area contributed by atoms with Gasteiger partial charge in [0, 0.05) is 0 Å². The van der Waals surface area contributed by atoms with E-state index >= 15 is 0 Å². The summed E-state index contributed by atoms with van der Waals surface area (Å²) in [5.41, 5.74) is 0.782. The maximum atomic E-state index is 11.9.